The lowest BCUT2D eigenvalue weighted by Gasteiger charge is -2.32. The minimum Gasteiger partial charge on any atom is -0.390 e. The van der Waals surface area contributed by atoms with Gasteiger partial charge < -0.3 is 10.8 Å². The molecule has 0 atom stereocenters. The summed E-state index contributed by atoms with van der Waals surface area (Å²) in [5.74, 6) is 1.42. The van der Waals surface area contributed by atoms with Crippen molar-refractivity contribution < 1.29 is 5.11 Å². The van der Waals surface area contributed by atoms with Crippen molar-refractivity contribution in [2.45, 2.75) is 52.3 Å². The molecule has 0 amide bonds. The van der Waals surface area contributed by atoms with E-state index in [1.54, 1.807) is 10.9 Å². The van der Waals surface area contributed by atoms with Crippen LogP contribution in [0.4, 0.5) is 0 Å². The third-order valence-electron chi connectivity index (χ3n) is 2.31. The van der Waals surface area contributed by atoms with Gasteiger partial charge in [0.25, 0.3) is 0 Å². The zero-order chi connectivity index (χ0) is 12.1. The van der Waals surface area contributed by atoms with Crippen LogP contribution < -0.4 is 5.73 Å². The van der Waals surface area contributed by atoms with Gasteiger partial charge in [-0.15, -0.1) is 17.5 Å². The molecule has 99 valence electrons. The first kappa shape index (κ1) is 16.4. The minimum absolute atomic E-state index is 0. The molecule has 0 aliphatic heterocycles. The van der Waals surface area contributed by atoms with Crippen molar-refractivity contribution in [3.05, 3.63) is 17.8 Å². The van der Waals surface area contributed by atoms with Gasteiger partial charge >= 0.3 is 0 Å². The standard InChI is InChI=1S/C7H12N4O.C4H9.ClH/c8-5-1-6(2-5)11-7(4-12)3-9-10-11;1-4(2)3;/h3,5-6,12H,1-2,4,8H2;1-3H3;1H/t5-,6-;;. The van der Waals surface area contributed by atoms with Crippen molar-refractivity contribution in [1.82, 2.24) is 15.0 Å². The van der Waals surface area contributed by atoms with E-state index in [2.05, 4.69) is 31.1 Å². The third-order valence-corrected chi connectivity index (χ3v) is 2.31. The van der Waals surface area contributed by atoms with E-state index in [1.165, 1.54) is 5.92 Å². The second-order valence-corrected chi connectivity index (χ2v) is 4.71. The highest BCUT2D eigenvalue weighted by Crippen LogP contribution is 2.30. The Balaban J connectivity index is 0.000000453. The maximum atomic E-state index is 8.91. The van der Waals surface area contributed by atoms with Gasteiger partial charge in [-0.3, -0.25) is 0 Å². The van der Waals surface area contributed by atoms with E-state index in [0.717, 1.165) is 18.5 Å². The molecule has 1 aromatic rings. The fourth-order valence-electron chi connectivity index (χ4n) is 1.52. The molecule has 2 rings (SSSR count). The average Bonchev–Trinajstić information content (AvgIpc) is 2.59. The highest BCUT2D eigenvalue weighted by atomic mass is 35.5. The Morgan fingerprint density at radius 2 is 2.00 bits per heavy atom. The van der Waals surface area contributed by atoms with Crippen LogP contribution in [0.1, 0.15) is 45.3 Å². The molecule has 5 nitrogen and oxygen atoms in total. The third kappa shape index (κ3) is 5.02. The smallest absolute Gasteiger partial charge is 0.0866 e. The summed E-state index contributed by atoms with van der Waals surface area (Å²) in [5.41, 5.74) is 6.41. The number of aliphatic hydroxyl groups excluding tert-OH is 1. The number of nitrogens with zero attached hydrogens (tertiary/aromatic N) is 3. The van der Waals surface area contributed by atoms with E-state index in [0.29, 0.717) is 12.1 Å². The van der Waals surface area contributed by atoms with Gasteiger partial charge in [0.05, 0.1) is 24.5 Å². The molecule has 0 aromatic carbocycles. The Morgan fingerprint density at radius 3 is 2.41 bits per heavy atom. The number of aromatic nitrogens is 3. The fraction of sp³-hybridized carbons (Fsp3) is 0.727. The van der Waals surface area contributed by atoms with Gasteiger partial charge in [0, 0.05) is 6.04 Å². The molecule has 0 bridgehead atoms. The highest BCUT2D eigenvalue weighted by Gasteiger charge is 2.29. The second-order valence-electron chi connectivity index (χ2n) is 4.71. The number of rotatable bonds is 2. The van der Waals surface area contributed by atoms with Gasteiger partial charge in [0.2, 0.25) is 0 Å². The van der Waals surface area contributed by atoms with Crippen LogP contribution in [0.2, 0.25) is 0 Å². The molecule has 1 aliphatic rings. The molecule has 0 unspecified atom stereocenters. The molecule has 1 aliphatic carbocycles. The lowest BCUT2D eigenvalue weighted by molar-refractivity contribution is 0.212. The van der Waals surface area contributed by atoms with E-state index < -0.39 is 0 Å². The summed E-state index contributed by atoms with van der Waals surface area (Å²) in [6.07, 6.45) is 3.47. The fourth-order valence-corrected chi connectivity index (χ4v) is 1.52. The second kappa shape index (κ2) is 7.63. The molecular weight excluding hydrogens is 240 g/mol. The van der Waals surface area contributed by atoms with Gasteiger partial charge in [-0.05, 0) is 18.8 Å². The lowest BCUT2D eigenvalue weighted by atomic mass is 9.88. The maximum Gasteiger partial charge on any atom is 0.0866 e. The molecule has 1 saturated carbocycles. The number of nitrogens with two attached hydrogens (primary N) is 1. The van der Waals surface area contributed by atoms with Gasteiger partial charge in [-0.1, -0.05) is 26.0 Å². The summed E-state index contributed by atoms with van der Waals surface area (Å²) in [5, 5.41) is 16.5. The molecular formula is C11H22ClN4O. The summed E-state index contributed by atoms with van der Waals surface area (Å²) in [4.78, 5) is 0. The molecule has 0 saturated heterocycles. The van der Waals surface area contributed by atoms with E-state index in [1.807, 2.05) is 0 Å². The van der Waals surface area contributed by atoms with E-state index in [-0.39, 0.29) is 19.0 Å². The molecule has 6 heteroatoms. The Kier molecular flexibility index (Phi) is 7.34. The van der Waals surface area contributed by atoms with Crippen LogP contribution in [0.5, 0.6) is 0 Å². The van der Waals surface area contributed by atoms with Crippen molar-refractivity contribution >= 4 is 12.4 Å². The van der Waals surface area contributed by atoms with Crippen molar-refractivity contribution in [1.29, 1.82) is 0 Å². The van der Waals surface area contributed by atoms with Gasteiger partial charge in [0.15, 0.2) is 0 Å². The molecule has 1 fully saturated rings. The van der Waals surface area contributed by atoms with Crippen LogP contribution in [0, 0.1) is 5.92 Å². The summed E-state index contributed by atoms with van der Waals surface area (Å²) in [6, 6.07) is 0.649. The summed E-state index contributed by atoms with van der Waals surface area (Å²) < 4.78 is 1.77. The normalized spacial score (nSPS) is 22.2. The average molecular weight is 262 g/mol. The quantitative estimate of drug-likeness (QED) is 0.845. The molecule has 3 N–H and O–H groups in total. The Bertz CT molecular complexity index is 307. The van der Waals surface area contributed by atoms with Gasteiger partial charge in [0.1, 0.15) is 0 Å². The van der Waals surface area contributed by atoms with Crippen molar-refractivity contribution in [2.75, 3.05) is 0 Å². The summed E-state index contributed by atoms with van der Waals surface area (Å²) in [6.45, 7) is 6.25. The zero-order valence-corrected chi connectivity index (χ0v) is 11.4. The van der Waals surface area contributed by atoms with Crippen LogP contribution in [0.15, 0.2) is 6.20 Å². The topological polar surface area (TPSA) is 77.0 Å². The molecule has 1 radical (unpaired) electrons. The highest BCUT2D eigenvalue weighted by molar-refractivity contribution is 5.85. The van der Waals surface area contributed by atoms with Crippen LogP contribution in [-0.4, -0.2) is 26.1 Å². The van der Waals surface area contributed by atoms with Crippen LogP contribution in [-0.2, 0) is 6.61 Å². The van der Waals surface area contributed by atoms with Crippen molar-refractivity contribution in [3.63, 3.8) is 0 Å². The van der Waals surface area contributed by atoms with E-state index in [9.17, 15) is 0 Å². The Morgan fingerprint density at radius 1 is 1.47 bits per heavy atom. The Hall–Kier alpha value is -0.650. The number of hydrogen-bond donors (Lipinski definition) is 2. The van der Waals surface area contributed by atoms with Crippen LogP contribution in [0.3, 0.4) is 0 Å². The maximum absolute atomic E-state index is 8.91. The number of aliphatic hydroxyl groups is 1. The monoisotopic (exact) mass is 261 g/mol. The summed E-state index contributed by atoms with van der Waals surface area (Å²) in [7, 11) is 0. The molecule has 17 heavy (non-hydrogen) atoms. The molecule has 0 spiro atoms. The largest absolute Gasteiger partial charge is 0.390 e. The lowest BCUT2D eigenvalue weighted by Crippen LogP contribution is -2.38. The van der Waals surface area contributed by atoms with E-state index in [4.69, 9.17) is 10.8 Å². The number of hydrogen-bond acceptors (Lipinski definition) is 4. The van der Waals surface area contributed by atoms with Crippen molar-refractivity contribution in [3.8, 4) is 0 Å². The number of halogens is 1. The van der Waals surface area contributed by atoms with Gasteiger partial charge in [-0.2, -0.15) is 0 Å². The first-order valence-corrected chi connectivity index (χ1v) is 5.56. The first-order chi connectivity index (χ1) is 7.54. The zero-order valence-electron chi connectivity index (χ0n) is 10.6. The SMILES string of the molecule is C[C](C)C.Cl.N[C@H]1C[C@H](n2nncc2CO)C1. The van der Waals surface area contributed by atoms with Crippen molar-refractivity contribution in [2.24, 2.45) is 5.73 Å². The van der Waals surface area contributed by atoms with Crippen LogP contribution >= 0.6 is 12.4 Å². The predicted octanol–water partition coefficient (Wildman–Crippen LogP) is 1.47. The minimum atomic E-state index is -0.00125. The summed E-state index contributed by atoms with van der Waals surface area (Å²) >= 11 is 0. The van der Waals surface area contributed by atoms with Crippen LogP contribution in [0.25, 0.3) is 0 Å². The predicted molar refractivity (Wildman–Crippen MR) is 69.7 cm³/mol. The first-order valence-electron chi connectivity index (χ1n) is 5.56. The van der Waals surface area contributed by atoms with E-state index >= 15 is 0 Å². The molecule has 1 aromatic heterocycles. The molecule has 1 heterocycles. The van der Waals surface area contributed by atoms with Gasteiger partial charge in [-0.25, -0.2) is 4.68 Å². The Labute approximate surface area is 109 Å².